The van der Waals surface area contributed by atoms with Crippen LogP contribution in [0.2, 0.25) is 0 Å². The van der Waals surface area contributed by atoms with E-state index in [0.29, 0.717) is 18.0 Å². The van der Waals surface area contributed by atoms with Crippen molar-refractivity contribution < 1.29 is 46.9 Å². The van der Waals surface area contributed by atoms with Crippen molar-refractivity contribution >= 4 is 65.0 Å². The molecule has 0 saturated carbocycles. The molecule has 3 saturated heterocycles. The molecule has 8 heterocycles. The number of hydrogen-bond donors (Lipinski definition) is 6. The number of nitrogens with two attached hydrogens (primary N) is 2. The lowest BCUT2D eigenvalue weighted by atomic mass is 10.1. The zero-order valence-corrected chi connectivity index (χ0v) is 27.9. The van der Waals surface area contributed by atoms with E-state index in [1.54, 1.807) is 10.8 Å². The van der Waals surface area contributed by atoms with Crippen molar-refractivity contribution in [2.45, 2.75) is 62.0 Å². The summed E-state index contributed by atoms with van der Waals surface area (Å²) < 4.78 is 66.7. The van der Waals surface area contributed by atoms with Crippen LogP contribution < -0.4 is 22.1 Å². The predicted molar refractivity (Wildman–Crippen MR) is 174 cm³/mol. The highest BCUT2D eigenvalue weighted by atomic mass is 32.7. The molecular weight excluding hydrogens is 704 g/mol. The second-order valence-corrected chi connectivity index (χ2v) is 14.9. The van der Waals surface area contributed by atoms with Gasteiger partial charge in [0.2, 0.25) is 5.95 Å². The Labute approximate surface area is 287 Å². The van der Waals surface area contributed by atoms with Crippen LogP contribution in [0.1, 0.15) is 24.4 Å². The molecule has 268 valence electrons. The lowest BCUT2D eigenvalue weighted by Gasteiger charge is -2.25. The summed E-state index contributed by atoms with van der Waals surface area (Å²) in [5.74, 6) is 0.808. The highest BCUT2D eigenvalue weighted by Crippen LogP contribution is 2.57. The van der Waals surface area contributed by atoms with Crippen LogP contribution in [0.5, 0.6) is 0 Å². The number of cyclic esters (lactones) is 1. The van der Waals surface area contributed by atoms with Crippen LogP contribution in [0.4, 0.5) is 26.8 Å². The fourth-order valence-electron chi connectivity index (χ4n) is 6.59. The number of carbonyl (C=O) groups is 1. The van der Waals surface area contributed by atoms with E-state index < -0.39 is 75.3 Å². The third-order valence-corrected chi connectivity index (χ3v) is 10.5. The van der Waals surface area contributed by atoms with E-state index in [2.05, 4.69) is 47.8 Å². The number of hydrogen-bond acceptors (Lipinski definition) is 18. The minimum absolute atomic E-state index is 0.0265. The summed E-state index contributed by atoms with van der Waals surface area (Å²) in [5.41, 5.74) is 13.4. The first-order chi connectivity index (χ1) is 24.1. The Kier molecular flexibility index (Phi) is 8.66. The maximum absolute atomic E-state index is 16.0. The molecule has 0 amide bonds. The lowest BCUT2D eigenvalue weighted by molar-refractivity contribution is -0.0826. The van der Waals surface area contributed by atoms with Gasteiger partial charge in [-0.3, -0.25) is 13.6 Å². The predicted octanol–water partition coefficient (Wildman–Crippen LogP) is 1.05. The highest BCUT2D eigenvalue weighted by Gasteiger charge is 2.53. The number of carbonyl (C=O) groups excluding carboxylic acids is 1. The number of aliphatic hydroxyl groups is 1. The number of thiol groups is 1. The van der Waals surface area contributed by atoms with Gasteiger partial charge >= 0.3 is 13.0 Å². The maximum atomic E-state index is 16.0. The number of nitrogens with zero attached hydrogens (tertiary/aromatic N) is 7. The van der Waals surface area contributed by atoms with Gasteiger partial charge in [-0.1, -0.05) is 12.2 Å². The molecule has 2 bridgehead atoms. The van der Waals surface area contributed by atoms with Crippen LogP contribution in [0.15, 0.2) is 18.9 Å². The quantitative estimate of drug-likeness (QED) is 0.0950. The topological polar surface area (TPSA) is 260 Å². The standard InChI is InChI=1S/C27H33FN11O9PS/c28-15-12-8-44-49(42,50)48-18-13(46-24(17(18)40)38-6-11-2-1-4-31-21-14(11)22(38)34-9-33-21)7-43-27(41)47-19(15)25(45-12)39-10-35-16-20(30)36-26(32-5-3-29)37-23(16)39/h6,9-10,12-13,15,17-19,24-25,40H,1-5,7-8,29H2,(H,42,50)(H,31,33,34)(H3,30,32,36,37)/t12-,13-,15-,17-,18-,19-,24-,25-,49?/m1/s1. The summed E-state index contributed by atoms with van der Waals surface area (Å²) in [6.07, 6.45) is -6.79. The van der Waals surface area contributed by atoms with Crippen LogP contribution >= 0.6 is 19.0 Å². The summed E-state index contributed by atoms with van der Waals surface area (Å²) in [6, 6.07) is 0. The highest BCUT2D eigenvalue weighted by molar-refractivity contribution is 8.44. The molecule has 20 nitrogen and oxygen atoms in total. The Bertz CT molecular complexity index is 1990. The zero-order chi connectivity index (χ0) is 34.7. The third kappa shape index (κ3) is 5.88. The van der Waals surface area contributed by atoms with E-state index in [-0.39, 0.29) is 29.5 Å². The number of aromatic nitrogens is 7. The van der Waals surface area contributed by atoms with E-state index in [4.69, 9.17) is 39.5 Å². The normalized spacial score (nSPS) is 33.0. The third-order valence-electron chi connectivity index (χ3n) is 8.86. The Morgan fingerprint density at radius 3 is 2.80 bits per heavy atom. The van der Waals surface area contributed by atoms with Gasteiger partial charge in [-0.2, -0.15) is 9.97 Å². The average Bonchev–Trinajstić information content (AvgIpc) is 3.80. The Morgan fingerprint density at radius 1 is 1.12 bits per heavy atom. The van der Waals surface area contributed by atoms with Crippen molar-refractivity contribution in [3.63, 3.8) is 0 Å². The summed E-state index contributed by atoms with van der Waals surface area (Å²) >= 11 is 4.11. The molecular formula is C27H33FN11O9PS. The molecule has 4 aromatic heterocycles. The van der Waals surface area contributed by atoms with Crippen molar-refractivity contribution in [1.29, 1.82) is 0 Å². The van der Waals surface area contributed by atoms with Gasteiger partial charge in [0.25, 0.3) is 0 Å². The fourth-order valence-corrected chi connectivity index (χ4v) is 8.08. The van der Waals surface area contributed by atoms with Gasteiger partial charge in [-0.05, 0) is 18.4 Å². The van der Waals surface area contributed by atoms with Crippen LogP contribution in [-0.2, 0) is 39.0 Å². The van der Waals surface area contributed by atoms with Crippen molar-refractivity contribution in [2.75, 3.05) is 49.2 Å². The van der Waals surface area contributed by atoms with Crippen molar-refractivity contribution in [2.24, 2.45) is 5.73 Å². The first kappa shape index (κ1) is 33.3. The SMILES string of the molecule is NCCNc1nc(N)c2ncn([C@@H]3O[C@@H]4COP(=O)(S)O[C@H]5[C@@H](O)[C@H](n6cc7c8c(ncnc86)NCCC7)O[C@@H]5COC(=O)O[C@@H]3[C@@H]4F)c2n1. The molecule has 0 spiro atoms. The second kappa shape index (κ2) is 13.0. The van der Waals surface area contributed by atoms with Gasteiger partial charge in [0, 0.05) is 25.8 Å². The van der Waals surface area contributed by atoms with Crippen LogP contribution in [-0.4, -0.2) is 115 Å². The van der Waals surface area contributed by atoms with Gasteiger partial charge in [0.15, 0.2) is 36.2 Å². The molecule has 1 unspecified atom stereocenters. The monoisotopic (exact) mass is 737 g/mol. The van der Waals surface area contributed by atoms with Crippen LogP contribution in [0, 0.1) is 0 Å². The van der Waals surface area contributed by atoms with E-state index in [0.717, 1.165) is 30.3 Å². The number of aryl methyl sites for hydroxylation is 1. The zero-order valence-electron chi connectivity index (χ0n) is 26.1. The second-order valence-electron chi connectivity index (χ2n) is 12.0. The number of alkyl halides is 1. The largest absolute Gasteiger partial charge is 0.508 e. The number of anilines is 3. The number of ether oxygens (including phenoxy) is 4. The molecule has 0 aliphatic carbocycles. The first-order valence-corrected chi connectivity index (χ1v) is 18.5. The van der Waals surface area contributed by atoms with Crippen LogP contribution in [0.25, 0.3) is 22.2 Å². The minimum Gasteiger partial charge on any atom is -0.431 e. The number of imidazole rings is 1. The lowest BCUT2D eigenvalue weighted by Crippen LogP contribution is -2.37. The van der Waals surface area contributed by atoms with Gasteiger partial charge < -0.3 is 50.7 Å². The molecule has 0 radical (unpaired) electrons. The molecule has 4 aromatic rings. The molecule has 3 fully saturated rings. The van der Waals surface area contributed by atoms with Gasteiger partial charge in [0.1, 0.15) is 54.3 Å². The van der Waals surface area contributed by atoms with Crippen molar-refractivity contribution in [3.05, 3.63) is 24.4 Å². The smallest absolute Gasteiger partial charge is 0.431 e. The summed E-state index contributed by atoms with van der Waals surface area (Å²) in [7, 11) is 0. The van der Waals surface area contributed by atoms with Gasteiger partial charge in [-0.25, -0.2) is 28.7 Å². The number of halogens is 1. The van der Waals surface area contributed by atoms with E-state index in [9.17, 15) is 14.5 Å². The van der Waals surface area contributed by atoms with Gasteiger partial charge in [0.05, 0.1) is 18.3 Å². The van der Waals surface area contributed by atoms with Gasteiger partial charge in [-0.15, -0.1) is 0 Å². The summed E-state index contributed by atoms with van der Waals surface area (Å²) in [6.45, 7) is -4.17. The van der Waals surface area contributed by atoms with E-state index in [1.807, 2.05) is 0 Å². The number of aliphatic hydroxyl groups excluding tert-OH is 1. The Balaban J connectivity index is 1.08. The van der Waals surface area contributed by atoms with Crippen LogP contribution in [0.3, 0.4) is 0 Å². The summed E-state index contributed by atoms with van der Waals surface area (Å²) in [4.78, 5) is 34.7. The molecule has 4 aliphatic heterocycles. The number of fused-ring (bicyclic) bond motifs is 4. The van der Waals surface area contributed by atoms with E-state index in [1.165, 1.54) is 17.2 Å². The molecule has 50 heavy (non-hydrogen) atoms. The Morgan fingerprint density at radius 2 is 1.96 bits per heavy atom. The fraction of sp³-hybridized carbons (Fsp3) is 0.556. The summed E-state index contributed by atoms with van der Waals surface area (Å²) in [5, 5.41) is 18.5. The number of rotatable bonds is 5. The number of nitrogens with one attached hydrogen (secondary N) is 2. The van der Waals surface area contributed by atoms with E-state index >= 15 is 4.39 Å². The Hall–Kier alpha value is -3.89. The maximum Gasteiger partial charge on any atom is 0.508 e. The molecule has 9 atom stereocenters. The number of nitrogen functional groups attached to an aromatic ring is 1. The average molecular weight is 738 g/mol. The minimum atomic E-state index is -4.34. The van der Waals surface area contributed by atoms with Crippen molar-refractivity contribution in [3.8, 4) is 0 Å². The van der Waals surface area contributed by atoms with Crippen molar-refractivity contribution in [1.82, 2.24) is 34.1 Å². The molecule has 7 N–H and O–H groups in total. The first-order valence-electron chi connectivity index (χ1n) is 15.8. The molecule has 8 rings (SSSR count). The molecule has 4 aliphatic rings. The molecule has 0 aromatic carbocycles. The molecule has 23 heteroatoms.